The first-order valence-electron chi connectivity index (χ1n) is 6.56. The van der Waals surface area contributed by atoms with Crippen LogP contribution >= 0.6 is 0 Å². The molecule has 3 rings (SSSR count). The zero-order valence-corrected chi connectivity index (χ0v) is 10.4. The van der Waals surface area contributed by atoms with Gasteiger partial charge in [-0.05, 0) is 42.5 Å². The van der Waals surface area contributed by atoms with Gasteiger partial charge in [-0.1, -0.05) is 24.3 Å². The van der Waals surface area contributed by atoms with E-state index in [1.165, 1.54) is 30.4 Å². The fourth-order valence-electron chi connectivity index (χ4n) is 2.98. The number of nitrogens with zero attached hydrogens (tertiary/aromatic N) is 1. The number of carbonyl (C=O) groups is 1. The van der Waals surface area contributed by atoms with Gasteiger partial charge in [0.2, 0.25) is 0 Å². The molecule has 18 heavy (non-hydrogen) atoms. The molecule has 0 amide bonds. The third-order valence-corrected chi connectivity index (χ3v) is 3.90. The summed E-state index contributed by atoms with van der Waals surface area (Å²) in [4.78, 5) is 11.0. The summed E-state index contributed by atoms with van der Waals surface area (Å²) in [5, 5.41) is 0. The predicted octanol–water partition coefficient (Wildman–Crippen LogP) is 3.42. The maximum absolute atomic E-state index is 11.0. The number of hydrogen-bond acceptors (Lipinski definition) is 1. The van der Waals surface area contributed by atoms with Gasteiger partial charge in [-0.15, -0.1) is 0 Å². The van der Waals surface area contributed by atoms with Gasteiger partial charge < -0.3 is 4.57 Å². The summed E-state index contributed by atoms with van der Waals surface area (Å²) in [7, 11) is 0. The molecule has 1 aromatic heterocycles. The molecule has 92 valence electrons. The number of rotatable bonds is 3. The first-order valence-corrected chi connectivity index (χ1v) is 6.56. The molecule has 1 unspecified atom stereocenters. The highest BCUT2D eigenvalue weighted by atomic mass is 16.1. The predicted molar refractivity (Wildman–Crippen MR) is 71.9 cm³/mol. The largest absolute Gasteiger partial charge is 0.345 e. The number of aryl methyl sites for hydroxylation is 1. The summed E-state index contributed by atoms with van der Waals surface area (Å²) < 4.78 is 2.07. The molecule has 0 N–H and O–H groups in total. The SMILES string of the molecule is O=Cc1cccn1CC1CCCc2ccccc21. The van der Waals surface area contributed by atoms with Crippen LogP contribution < -0.4 is 0 Å². The Labute approximate surface area is 107 Å². The van der Waals surface area contributed by atoms with E-state index in [0.29, 0.717) is 5.92 Å². The minimum atomic E-state index is 0.543. The van der Waals surface area contributed by atoms with E-state index in [-0.39, 0.29) is 0 Å². The van der Waals surface area contributed by atoms with Crippen LogP contribution in [0.4, 0.5) is 0 Å². The average molecular weight is 239 g/mol. The number of fused-ring (bicyclic) bond motifs is 1. The molecule has 1 aliphatic carbocycles. The van der Waals surface area contributed by atoms with Crippen molar-refractivity contribution >= 4 is 6.29 Å². The van der Waals surface area contributed by atoms with Crippen molar-refractivity contribution < 1.29 is 4.79 Å². The lowest BCUT2D eigenvalue weighted by Gasteiger charge is -2.26. The van der Waals surface area contributed by atoms with Crippen molar-refractivity contribution in [1.82, 2.24) is 4.57 Å². The Hall–Kier alpha value is -1.83. The Balaban J connectivity index is 1.88. The van der Waals surface area contributed by atoms with E-state index in [9.17, 15) is 4.79 Å². The number of aromatic nitrogens is 1. The summed E-state index contributed by atoms with van der Waals surface area (Å²) >= 11 is 0. The molecular weight excluding hydrogens is 222 g/mol. The quantitative estimate of drug-likeness (QED) is 0.752. The monoisotopic (exact) mass is 239 g/mol. The van der Waals surface area contributed by atoms with E-state index in [1.807, 2.05) is 18.3 Å². The van der Waals surface area contributed by atoms with Gasteiger partial charge in [-0.25, -0.2) is 0 Å². The third-order valence-electron chi connectivity index (χ3n) is 3.90. The van der Waals surface area contributed by atoms with E-state index in [0.717, 1.165) is 18.5 Å². The van der Waals surface area contributed by atoms with E-state index < -0.39 is 0 Å². The standard InChI is InChI=1S/C16H17NO/c18-12-15-8-4-10-17(15)11-14-7-3-6-13-5-1-2-9-16(13)14/h1-2,4-5,8-10,12,14H,3,6-7,11H2. The van der Waals surface area contributed by atoms with E-state index in [2.05, 4.69) is 28.8 Å². The van der Waals surface area contributed by atoms with Gasteiger partial charge in [0, 0.05) is 18.7 Å². The molecule has 2 aromatic rings. The van der Waals surface area contributed by atoms with Crippen LogP contribution in [0.5, 0.6) is 0 Å². The fourth-order valence-corrected chi connectivity index (χ4v) is 2.98. The van der Waals surface area contributed by atoms with Gasteiger partial charge in [0.05, 0.1) is 5.69 Å². The maximum atomic E-state index is 11.0. The zero-order chi connectivity index (χ0) is 12.4. The summed E-state index contributed by atoms with van der Waals surface area (Å²) in [6.07, 6.45) is 6.60. The lowest BCUT2D eigenvalue weighted by atomic mass is 9.83. The van der Waals surface area contributed by atoms with Crippen LogP contribution in [0.1, 0.15) is 40.4 Å². The summed E-state index contributed by atoms with van der Waals surface area (Å²) in [6, 6.07) is 12.5. The van der Waals surface area contributed by atoms with Gasteiger partial charge in [0.25, 0.3) is 0 Å². The molecular formula is C16H17NO. The van der Waals surface area contributed by atoms with Crippen molar-refractivity contribution in [2.75, 3.05) is 0 Å². The molecule has 0 bridgehead atoms. The molecule has 1 heterocycles. The number of carbonyl (C=O) groups excluding carboxylic acids is 1. The first-order chi connectivity index (χ1) is 8.88. The molecule has 0 saturated carbocycles. The van der Waals surface area contributed by atoms with E-state index in [4.69, 9.17) is 0 Å². The molecule has 0 fully saturated rings. The van der Waals surface area contributed by atoms with Crippen LogP contribution in [-0.2, 0) is 13.0 Å². The summed E-state index contributed by atoms with van der Waals surface area (Å²) in [6.45, 7) is 0.915. The van der Waals surface area contributed by atoms with Crippen LogP contribution in [0.3, 0.4) is 0 Å². The number of hydrogen-bond donors (Lipinski definition) is 0. The second-order valence-electron chi connectivity index (χ2n) is 4.99. The average Bonchev–Trinajstić information content (AvgIpc) is 2.86. The Morgan fingerprint density at radius 2 is 2.11 bits per heavy atom. The Morgan fingerprint density at radius 1 is 1.22 bits per heavy atom. The highest BCUT2D eigenvalue weighted by Crippen LogP contribution is 2.32. The zero-order valence-electron chi connectivity index (χ0n) is 10.4. The lowest BCUT2D eigenvalue weighted by Crippen LogP contribution is -2.16. The maximum Gasteiger partial charge on any atom is 0.166 e. The van der Waals surface area contributed by atoms with Crippen LogP contribution in [0.15, 0.2) is 42.6 Å². The number of aldehydes is 1. The molecule has 1 aliphatic rings. The van der Waals surface area contributed by atoms with Crippen LogP contribution in [0, 0.1) is 0 Å². The summed E-state index contributed by atoms with van der Waals surface area (Å²) in [5.41, 5.74) is 3.72. The van der Waals surface area contributed by atoms with Crippen molar-refractivity contribution in [3.05, 3.63) is 59.4 Å². The highest BCUT2D eigenvalue weighted by Gasteiger charge is 2.20. The van der Waals surface area contributed by atoms with Gasteiger partial charge >= 0.3 is 0 Å². The molecule has 1 atom stereocenters. The number of benzene rings is 1. The smallest absolute Gasteiger partial charge is 0.166 e. The van der Waals surface area contributed by atoms with Gasteiger partial charge in [0.15, 0.2) is 6.29 Å². The first kappa shape index (κ1) is 11.3. The van der Waals surface area contributed by atoms with Gasteiger partial charge in [-0.3, -0.25) is 4.79 Å². The molecule has 2 nitrogen and oxygen atoms in total. The van der Waals surface area contributed by atoms with Crippen LogP contribution in [0.25, 0.3) is 0 Å². The normalized spacial score (nSPS) is 18.3. The van der Waals surface area contributed by atoms with Crippen molar-refractivity contribution in [1.29, 1.82) is 0 Å². The molecule has 0 aliphatic heterocycles. The molecule has 2 heteroatoms. The topological polar surface area (TPSA) is 22.0 Å². The van der Waals surface area contributed by atoms with Crippen LogP contribution in [0.2, 0.25) is 0 Å². The van der Waals surface area contributed by atoms with Crippen molar-refractivity contribution in [2.45, 2.75) is 31.7 Å². The molecule has 0 saturated heterocycles. The Kier molecular flexibility index (Phi) is 3.01. The Bertz CT molecular complexity index is 556. The van der Waals surface area contributed by atoms with Crippen LogP contribution in [-0.4, -0.2) is 10.9 Å². The lowest BCUT2D eigenvalue weighted by molar-refractivity contribution is 0.111. The second-order valence-corrected chi connectivity index (χ2v) is 4.99. The van der Waals surface area contributed by atoms with E-state index in [1.54, 1.807) is 0 Å². The van der Waals surface area contributed by atoms with Crippen molar-refractivity contribution in [3.63, 3.8) is 0 Å². The van der Waals surface area contributed by atoms with Gasteiger partial charge in [-0.2, -0.15) is 0 Å². The molecule has 0 radical (unpaired) electrons. The minimum Gasteiger partial charge on any atom is -0.345 e. The summed E-state index contributed by atoms with van der Waals surface area (Å²) in [5.74, 6) is 0.543. The highest BCUT2D eigenvalue weighted by molar-refractivity contribution is 5.72. The van der Waals surface area contributed by atoms with Crippen molar-refractivity contribution in [2.24, 2.45) is 0 Å². The fraction of sp³-hybridized carbons (Fsp3) is 0.312. The molecule has 1 aromatic carbocycles. The second kappa shape index (κ2) is 4.81. The van der Waals surface area contributed by atoms with E-state index >= 15 is 0 Å². The van der Waals surface area contributed by atoms with Crippen molar-refractivity contribution in [3.8, 4) is 0 Å². The minimum absolute atomic E-state index is 0.543. The Morgan fingerprint density at radius 3 is 3.00 bits per heavy atom. The third kappa shape index (κ3) is 1.99. The molecule has 0 spiro atoms. The van der Waals surface area contributed by atoms with Gasteiger partial charge in [0.1, 0.15) is 0 Å².